The van der Waals surface area contributed by atoms with Gasteiger partial charge in [-0.25, -0.2) is 0 Å². The van der Waals surface area contributed by atoms with Crippen LogP contribution < -0.4 is 4.74 Å². The monoisotopic (exact) mass is 325 g/mol. The molecule has 1 heterocycles. The normalized spacial score (nSPS) is 11.8. The molecular weight excluding hydrogens is 318 g/mol. The van der Waals surface area contributed by atoms with Gasteiger partial charge in [-0.1, -0.05) is 23.2 Å². The fourth-order valence-electron chi connectivity index (χ4n) is 1.57. The van der Waals surface area contributed by atoms with Gasteiger partial charge in [0.15, 0.2) is 0 Å². The fraction of sp³-hybridized carbons (Fsp3) is 0.273. The number of alkyl halides is 3. The summed E-state index contributed by atoms with van der Waals surface area (Å²) in [5.41, 5.74) is -0.417. The van der Waals surface area contributed by atoms with E-state index < -0.39 is 11.7 Å². The molecule has 0 saturated carbocycles. The second kappa shape index (κ2) is 5.14. The van der Waals surface area contributed by atoms with Crippen LogP contribution in [0.25, 0.3) is 5.69 Å². The summed E-state index contributed by atoms with van der Waals surface area (Å²) in [6.07, 6.45) is -4.53. The van der Waals surface area contributed by atoms with Crippen molar-refractivity contribution in [1.29, 1.82) is 0 Å². The lowest BCUT2D eigenvalue weighted by molar-refractivity contribution is -0.137. The molecule has 108 valence electrons. The molecule has 0 atom stereocenters. The van der Waals surface area contributed by atoms with Crippen LogP contribution in [0.2, 0.25) is 10.0 Å². The third-order valence-corrected chi connectivity index (χ3v) is 3.05. The van der Waals surface area contributed by atoms with E-state index in [4.69, 9.17) is 27.9 Å². The topological polar surface area (TPSA) is 39.9 Å². The number of methoxy groups -OCH3 is 1. The van der Waals surface area contributed by atoms with Crippen LogP contribution in [-0.2, 0) is 6.18 Å². The first-order chi connectivity index (χ1) is 9.24. The molecule has 0 amide bonds. The number of benzene rings is 1. The Morgan fingerprint density at radius 3 is 2.10 bits per heavy atom. The highest BCUT2D eigenvalue weighted by Crippen LogP contribution is 2.37. The number of aryl methyl sites for hydroxylation is 1. The second-order valence-corrected chi connectivity index (χ2v) is 4.68. The molecule has 0 bridgehead atoms. The molecular formula is C11H8Cl2F3N3O. The van der Waals surface area contributed by atoms with Crippen LogP contribution in [0.15, 0.2) is 12.1 Å². The Balaban J connectivity index is 2.58. The molecule has 0 aliphatic rings. The van der Waals surface area contributed by atoms with E-state index in [1.54, 1.807) is 6.92 Å². The smallest absolute Gasteiger partial charge is 0.416 e. The first kappa shape index (κ1) is 14.9. The van der Waals surface area contributed by atoms with Gasteiger partial charge < -0.3 is 4.74 Å². The van der Waals surface area contributed by atoms with Crippen molar-refractivity contribution in [2.75, 3.05) is 7.11 Å². The SMILES string of the molecule is COc1nn(-c2c(Cl)cc(C(F)(F)F)cc2Cl)nc1C. The Morgan fingerprint density at radius 2 is 1.70 bits per heavy atom. The lowest BCUT2D eigenvalue weighted by Crippen LogP contribution is -2.08. The van der Waals surface area contributed by atoms with Crippen LogP contribution in [0.4, 0.5) is 13.2 Å². The summed E-state index contributed by atoms with van der Waals surface area (Å²) in [5.74, 6) is 0.233. The highest BCUT2D eigenvalue weighted by molar-refractivity contribution is 6.37. The third kappa shape index (κ3) is 2.69. The molecule has 9 heteroatoms. The molecule has 0 aliphatic carbocycles. The predicted molar refractivity (Wildman–Crippen MR) is 67.7 cm³/mol. The van der Waals surface area contributed by atoms with Crippen molar-refractivity contribution in [3.63, 3.8) is 0 Å². The Morgan fingerprint density at radius 1 is 1.15 bits per heavy atom. The molecule has 1 aromatic carbocycles. The minimum absolute atomic E-state index is 0.0627. The first-order valence-electron chi connectivity index (χ1n) is 5.28. The first-order valence-corrected chi connectivity index (χ1v) is 6.04. The highest BCUT2D eigenvalue weighted by atomic mass is 35.5. The third-order valence-electron chi connectivity index (χ3n) is 2.48. The standard InChI is InChI=1S/C11H8Cl2F3N3O/c1-5-10(20-2)18-19(17-5)9-7(12)3-6(4-8(9)13)11(14,15)16/h3-4H,1-2H3. The van der Waals surface area contributed by atoms with Crippen LogP contribution in [0.5, 0.6) is 5.88 Å². The quantitative estimate of drug-likeness (QED) is 0.840. The number of rotatable bonds is 2. The van der Waals surface area contributed by atoms with Gasteiger partial charge in [0.1, 0.15) is 11.4 Å². The molecule has 0 unspecified atom stereocenters. The van der Waals surface area contributed by atoms with Gasteiger partial charge in [-0.05, 0) is 19.1 Å². The van der Waals surface area contributed by atoms with E-state index in [-0.39, 0.29) is 21.6 Å². The van der Waals surface area contributed by atoms with E-state index in [9.17, 15) is 13.2 Å². The maximum atomic E-state index is 12.6. The molecule has 0 aliphatic heterocycles. The van der Waals surface area contributed by atoms with Gasteiger partial charge in [0.2, 0.25) is 0 Å². The molecule has 0 radical (unpaired) electrons. The molecule has 0 spiro atoms. The molecule has 4 nitrogen and oxygen atoms in total. The lowest BCUT2D eigenvalue weighted by atomic mass is 10.2. The van der Waals surface area contributed by atoms with E-state index in [1.165, 1.54) is 7.11 Å². The average Bonchev–Trinajstić information content (AvgIpc) is 2.68. The fourth-order valence-corrected chi connectivity index (χ4v) is 2.21. The number of ether oxygens (including phenoxy) is 1. The molecule has 20 heavy (non-hydrogen) atoms. The van der Waals surface area contributed by atoms with Gasteiger partial charge >= 0.3 is 6.18 Å². The summed E-state index contributed by atoms with van der Waals surface area (Å²) in [4.78, 5) is 1.04. The van der Waals surface area contributed by atoms with E-state index >= 15 is 0 Å². The zero-order valence-corrected chi connectivity index (χ0v) is 11.8. The van der Waals surface area contributed by atoms with E-state index in [1.807, 2.05) is 0 Å². The number of hydrogen-bond donors (Lipinski definition) is 0. The van der Waals surface area contributed by atoms with Gasteiger partial charge in [-0.2, -0.15) is 13.2 Å². The molecule has 2 aromatic rings. The minimum Gasteiger partial charge on any atom is -0.479 e. The maximum absolute atomic E-state index is 12.6. The minimum atomic E-state index is -4.53. The van der Waals surface area contributed by atoms with Crippen molar-refractivity contribution in [3.05, 3.63) is 33.4 Å². The molecule has 0 fully saturated rings. The predicted octanol–water partition coefficient (Wildman–Crippen LogP) is 3.91. The molecule has 0 N–H and O–H groups in total. The van der Waals surface area contributed by atoms with Crippen LogP contribution >= 0.6 is 23.2 Å². The van der Waals surface area contributed by atoms with Crippen LogP contribution in [0.3, 0.4) is 0 Å². The Hall–Kier alpha value is -1.47. The second-order valence-electron chi connectivity index (χ2n) is 3.87. The van der Waals surface area contributed by atoms with Crippen molar-refractivity contribution in [2.24, 2.45) is 0 Å². The van der Waals surface area contributed by atoms with Crippen molar-refractivity contribution in [2.45, 2.75) is 13.1 Å². The van der Waals surface area contributed by atoms with Gasteiger partial charge in [0.25, 0.3) is 5.88 Å². The number of nitrogens with zero attached hydrogens (tertiary/aromatic N) is 3. The summed E-state index contributed by atoms with van der Waals surface area (Å²) in [6.45, 7) is 1.63. The molecule has 1 aromatic heterocycles. The summed E-state index contributed by atoms with van der Waals surface area (Å²) < 4.78 is 42.8. The Labute approximate surface area is 122 Å². The number of aromatic nitrogens is 3. The van der Waals surface area contributed by atoms with Gasteiger partial charge in [0, 0.05) is 0 Å². The van der Waals surface area contributed by atoms with Crippen molar-refractivity contribution in [3.8, 4) is 11.6 Å². The van der Waals surface area contributed by atoms with Crippen LogP contribution in [-0.4, -0.2) is 22.1 Å². The average molecular weight is 326 g/mol. The Kier molecular flexibility index (Phi) is 3.84. The van der Waals surface area contributed by atoms with E-state index in [0.717, 1.165) is 16.9 Å². The molecule has 0 saturated heterocycles. The van der Waals surface area contributed by atoms with E-state index in [2.05, 4.69) is 10.2 Å². The van der Waals surface area contributed by atoms with Crippen LogP contribution in [0.1, 0.15) is 11.3 Å². The summed E-state index contributed by atoms with van der Waals surface area (Å²) >= 11 is 11.7. The highest BCUT2D eigenvalue weighted by Gasteiger charge is 2.32. The summed E-state index contributed by atoms with van der Waals surface area (Å²) in [5, 5.41) is 7.53. The van der Waals surface area contributed by atoms with Gasteiger partial charge in [-0.15, -0.1) is 15.0 Å². The maximum Gasteiger partial charge on any atom is 0.416 e. The van der Waals surface area contributed by atoms with Crippen molar-refractivity contribution in [1.82, 2.24) is 15.0 Å². The zero-order chi connectivity index (χ0) is 15.1. The number of halogens is 5. The van der Waals surface area contributed by atoms with Gasteiger partial charge in [0.05, 0.1) is 22.7 Å². The molecule has 2 rings (SSSR count). The van der Waals surface area contributed by atoms with Crippen molar-refractivity contribution >= 4 is 23.2 Å². The van der Waals surface area contributed by atoms with Crippen molar-refractivity contribution < 1.29 is 17.9 Å². The zero-order valence-electron chi connectivity index (χ0n) is 10.3. The largest absolute Gasteiger partial charge is 0.479 e. The lowest BCUT2D eigenvalue weighted by Gasteiger charge is -2.11. The van der Waals surface area contributed by atoms with Crippen LogP contribution in [0, 0.1) is 6.92 Å². The van der Waals surface area contributed by atoms with Gasteiger partial charge in [-0.3, -0.25) is 0 Å². The summed E-state index contributed by atoms with van der Waals surface area (Å²) in [6, 6.07) is 1.54. The van der Waals surface area contributed by atoms with E-state index in [0.29, 0.717) is 5.69 Å². The number of hydrogen-bond acceptors (Lipinski definition) is 3. The Bertz CT molecular complexity index is 632. The summed E-state index contributed by atoms with van der Waals surface area (Å²) in [7, 11) is 1.40.